The Bertz CT molecular complexity index is 588. The Morgan fingerprint density at radius 1 is 1.38 bits per heavy atom. The third-order valence-electron chi connectivity index (χ3n) is 4.43. The predicted molar refractivity (Wildman–Crippen MR) is 91.2 cm³/mol. The zero-order valence-corrected chi connectivity index (χ0v) is 14.1. The van der Waals surface area contributed by atoms with Crippen molar-refractivity contribution >= 4 is 23.2 Å². The maximum atomic E-state index is 12.7. The number of nitrogens with one attached hydrogen (secondary N) is 1. The maximum absolute atomic E-state index is 12.7. The summed E-state index contributed by atoms with van der Waals surface area (Å²) in [6.07, 6.45) is 1.39. The lowest BCUT2D eigenvalue weighted by Gasteiger charge is -2.28. The second kappa shape index (κ2) is 7.63. The standard InChI is InChI=1S/C16H25F2N5O/c1-9-3-5-10(6-4-9)21-16(24)11-7-12(19)14(20)22-15(11)23(2)8-13(17)18/h7,9-10,13H,3-6,8,19H2,1-2H3,(H2,20,22)(H,21,24). The van der Waals surface area contributed by atoms with Crippen LogP contribution in [0.2, 0.25) is 0 Å². The van der Waals surface area contributed by atoms with Gasteiger partial charge in [-0.2, -0.15) is 0 Å². The largest absolute Gasteiger partial charge is 0.396 e. The molecule has 24 heavy (non-hydrogen) atoms. The third-order valence-corrected chi connectivity index (χ3v) is 4.43. The number of halogens is 2. The molecule has 0 bridgehead atoms. The van der Waals surface area contributed by atoms with E-state index >= 15 is 0 Å². The molecule has 8 heteroatoms. The molecule has 0 unspecified atom stereocenters. The van der Waals surface area contributed by atoms with Crippen molar-refractivity contribution in [2.75, 3.05) is 30.0 Å². The van der Waals surface area contributed by atoms with E-state index in [0.29, 0.717) is 5.92 Å². The molecular formula is C16H25F2N5O. The fourth-order valence-corrected chi connectivity index (χ4v) is 2.95. The molecule has 1 aliphatic carbocycles. The number of pyridine rings is 1. The van der Waals surface area contributed by atoms with Crippen molar-refractivity contribution in [1.82, 2.24) is 10.3 Å². The first-order valence-electron chi connectivity index (χ1n) is 8.14. The molecule has 0 atom stereocenters. The first-order valence-corrected chi connectivity index (χ1v) is 8.14. The number of alkyl halides is 2. The number of nitrogen functional groups attached to an aromatic ring is 2. The average molecular weight is 341 g/mol. The van der Waals surface area contributed by atoms with Crippen LogP contribution in [-0.4, -0.2) is 37.0 Å². The van der Waals surface area contributed by atoms with Crippen LogP contribution < -0.4 is 21.7 Å². The van der Waals surface area contributed by atoms with Crippen molar-refractivity contribution in [1.29, 1.82) is 0 Å². The molecule has 1 aromatic rings. The zero-order valence-electron chi connectivity index (χ0n) is 14.1. The smallest absolute Gasteiger partial charge is 0.255 e. The van der Waals surface area contributed by atoms with Gasteiger partial charge in [-0.25, -0.2) is 13.8 Å². The fraction of sp³-hybridized carbons (Fsp3) is 0.625. The minimum Gasteiger partial charge on any atom is -0.396 e. The Labute approximate surface area is 140 Å². The average Bonchev–Trinajstić information content (AvgIpc) is 2.51. The minimum atomic E-state index is -2.55. The van der Waals surface area contributed by atoms with Gasteiger partial charge >= 0.3 is 0 Å². The van der Waals surface area contributed by atoms with Crippen LogP contribution in [0.3, 0.4) is 0 Å². The van der Waals surface area contributed by atoms with Gasteiger partial charge < -0.3 is 21.7 Å². The van der Waals surface area contributed by atoms with E-state index in [0.717, 1.165) is 25.7 Å². The van der Waals surface area contributed by atoms with Crippen LogP contribution in [0.5, 0.6) is 0 Å². The number of hydrogen-bond acceptors (Lipinski definition) is 5. The monoisotopic (exact) mass is 341 g/mol. The highest BCUT2D eigenvalue weighted by atomic mass is 19.3. The molecular weight excluding hydrogens is 316 g/mol. The second-order valence-corrected chi connectivity index (χ2v) is 6.54. The Hall–Kier alpha value is -2.12. The lowest BCUT2D eigenvalue weighted by molar-refractivity contribution is 0.0922. The van der Waals surface area contributed by atoms with Crippen LogP contribution in [0.4, 0.5) is 26.1 Å². The molecule has 1 aliphatic rings. The maximum Gasteiger partial charge on any atom is 0.255 e. The summed E-state index contributed by atoms with van der Waals surface area (Å²) in [6.45, 7) is 1.65. The Morgan fingerprint density at radius 2 is 2.00 bits per heavy atom. The van der Waals surface area contributed by atoms with Gasteiger partial charge in [0.2, 0.25) is 0 Å². The van der Waals surface area contributed by atoms with Crippen molar-refractivity contribution in [3.63, 3.8) is 0 Å². The number of aromatic nitrogens is 1. The van der Waals surface area contributed by atoms with E-state index in [2.05, 4.69) is 17.2 Å². The molecule has 1 saturated carbocycles. The van der Waals surface area contributed by atoms with E-state index in [9.17, 15) is 13.6 Å². The second-order valence-electron chi connectivity index (χ2n) is 6.54. The highest BCUT2D eigenvalue weighted by molar-refractivity contribution is 6.00. The number of nitrogens with zero attached hydrogens (tertiary/aromatic N) is 2. The molecule has 0 saturated heterocycles. The first kappa shape index (κ1) is 18.2. The minimum absolute atomic E-state index is 0.0224. The van der Waals surface area contributed by atoms with Crippen molar-refractivity contribution < 1.29 is 13.6 Å². The van der Waals surface area contributed by atoms with Gasteiger partial charge in [-0.05, 0) is 37.7 Å². The number of carbonyl (C=O) groups is 1. The van der Waals surface area contributed by atoms with Gasteiger partial charge in [0, 0.05) is 13.1 Å². The summed E-state index contributed by atoms with van der Waals surface area (Å²) in [4.78, 5) is 17.9. The quantitative estimate of drug-likeness (QED) is 0.763. The third kappa shape index (κ3) is 4.46. The molecule has 1 amide bonds. The van der Waals surface area contributed by atoms with Gasteiger partial charge in [0.25, 0.3) is 12.3 Å². The zero-order chi connectivity index (χ0) is 17.9. The summed E-state index contributed by atoms with van der Waals surface area (Å²) in [5.74, 6) is 0.447. The van der Waals surface area contributed by atoms with Crippen molar-refractivity contribution in [3.8, 4) is 0 Å². The number of anilines is 3. The molecule has 1 aromatic heterocycles. The lowest BCUT2D eigenvalue weighted by atomic mass is 9.87. The van der Waals surface area contributed by atoms with Crippen LogP contribution in [0, 0.1) is 5.92 Å². The van der Waals surface area contributed by atoms with E-state index in [1.54, 1.807) is 0 Å². The Kier molecular flexibility index (Phi) is 5.80. The van der Waals surface area contributed by atoms with Gasteiger partial charge in [0.05, 0.1) is 17.8 Å². The molecule has 1 fully saturated rings. The highest BCUT2D eigenvalue weighted by Gasteiger charge is 2.24. The van der Waals surface area contributed by atoms with Crippen molar-refractivity contribution in [2.24, 2.45) is 5.92 Å². The van der Waals surface area contributed by atoms with Crippen LogP contribution in [0.25, 0.3) is 0 Å². The van der Waals surface area contributed by atoms with E-state index < -0.39 is 13.0 Å². The van der Waals surface area contributed by atoms with Crippen LogP contribution >= 0.6 is 0 Å². The van der Waals surface area contributed by atoms with Gasteiger partial charge in [-0.15, -0.1) is 0 Å². The summed E-state index contributed by atoms with van der Waals surface area (Å²) >= 11 is 0. The molecule has 6 nitrogen and oxygen atoms in total. The molecule has 0 radical (unpaired) electrons. The van der Waals surface area contributed by atoms with E-state index in [1.165, 1.54) is 18.0 Å². The number of rotatable bonds is 5. The summed E-state index contributed by atoms with van der Waals surface area (Å²) in [5.41, 5.74) is 11.8. The predicted octanol–water partition coefficient (Wildman–Crippen LogP) is 2.26. The van der Waals surface area contributed by atoms with Gasteiger partial charge in [0.1, 0.15) is 11.6 Å². The van der Waals surface area contributed by atoms with Gasteiger partial charge in [0.15, 0.2) is 0 Å². The van der Waals surface area contributed by atoms with Crippen LogP contribution in [0.15, 0.2) is 6.07 Å². The topological polar surface area (TPSA) is 97.3 Å². The SMILES string of the molecule is CC1CCC(NC(=O)c2cc(N)c(N)nc2N(C)CC(F)F)CC1. The molecule has 0 aromatic carbocycles. The molecule has 2 rings (SSSR count). The Morgan fingerprint density at radius 3 is 2.58 bits per heavy atom. The Balaban J connectivity index is 2.20. The van der Waals surface area contributed by atoms with E-state index in [1.807, 2.05) is 0 Å². The molecule has 1 heterocycles. The van der Waals surface area contributed by atoms with Crippen LogP contribution in [0.1, 0.15) is 43.0 Å². The molecule has 0 spiro atoms. The number of nitrogens with two attached hydrogens (primary N) is 2. The normalized spacial score (nSPS) is 20.9. The molecule has 5 N–H and O–H groups in total. The highest BCUT2D eigenvalue weighted by Crippen LogP contribution is 2.27. The summed E-state index contributed by atoms with van der Waals surface area (Å²) in [7, 11) is 1.45. The first-order chi connectivity index (χ1) is 11.3. The van der Waals surface area contributed by atoms with Crippen molar-refractivity contribution in [3.05, 3.63) is 11.6 Å². The molecule has 134 valence electrons. The lowest BCUT2D eigenvalue weighted by Crippen LogP contribution is -2.38. The summed E-state index contributed by atoms with van der Waals surface area (Å²) in [6, 6.07) is 1.49. The van der Waals surface area contributed by atoms with Gasteiger partial charge in [-0.1, -0.05) is 6.92 Å². The van der Waals surface area contributed by atoms with Crippen LogP contribution in [-0.2, 0) is 0 Å². The number of amides is 1. The number of carbonyl (C=O) groups excluding carboxylic acids is 1. The van der Waals surface area contributed by atoms with Crippen molar-refractivity contribution in [2.45, 2.75) is 45.1 Å². The summed E-state index contributed by atoms with van der Waals surface area (Å²) in [5, 5.41) is 2.96. The number of hydrogen-bond donors (Lipinski definition) is 3. The molecule has 0 aliphatic heterocycles. The van der Waals surface area contributed by atoms with E-state index in [4.69, 9.17) is 11.5 Å². The fourth-order valence-electron chi connectivity index (χ4n) is 2.95. The van der Waals surface area contributed by atoms with Gasteiger partial charge in [-0.3, -0.25) is 4.79 Å². The summed E-state index contributed by atoms with van der Waals surface area (Å²) < 4.78 is 25.3. The van der Waals surface area contributed by atoms with E-state index in [-0.39, 0.29) is 34.8 Å².